The Hall–Kier alpha value is 0.296. The molecule has 1 nitrogen and oxygen atoms in total. The van der Waals surface area contributed by atoms with Gasteiger partial charge in [-0.2, -0.15) is 0 Å². The van der Waals surface area contributed by atoms with Gasteiger partial charge in [-0.05, 0) is 19.1 Å². The van der Waals surface area contributed by atoms with E-state index in [0.29, 0.717) is 0 Å². The summed E-state index contributed by atoms with van der Waals surface area (Å²) < 4.78 is 10.4. The zero-order chi connectivity index (χ0) is 16.8. The third-order valence-electron chi connectivity index (χ3n) is 3.88. The van der Waals surface area contributed by atoms with Crippen LogP contribution in [-0.4, -0.2) is 28.6 Å². The van der Waals surface area contributed by atoms with Crippen LogP contribution in [0.5, 0.6) is 0 Å². The van der Waals surface area contributed by atoms with Crippen LogP contribution in [0.15, 0.2) is 16.5 Å². The monoisotopic (exact) mass is 430 g/mol. The zero-order valence-corrected chi connectivity index (χ0v) is 19.8. The fourth-order valence-corrected chi connectivity index (χ4v) is 12.6. The minimum Gasteiger partial charge on any atom is -0.472 e. The second-order valence-electron chi connectivity index (χ2n) is 6.47. The number of furan rings is 1. The Morgan fingerprint density at radius 1 is 0.864 bits per heavy atom. The topological polar surface area (TPSA) is 13.1 Å². The van der Waals surface area contributed by atoms with Crippen LogP contribution in [-0.2, 0) is 0 Å². The van der Waals surface area contributed by atoms with Gasteiger partial charge >= 0.3 is 92.4 Å². The summed E-state index contributed by atoms with van der Waals surface area (Å²) in [4.78, 5) is 0. The molecule has 22 heavy (non-hydrogen) atoms. The molecule has 0 aliphatic rings. The van der Waals surface area contributed by atoms with Crippen LogP contribution in [0.4, 0.5) is 0 Å². The maximum absolute atomic E-state index is 5.39. The molecular weight excluding hydrogens is 391 g/mol. The molecule has 0 amide bonds. The van der Waals surface area contributed by atoms with Crippen LogP contribution in [0.25, 0.3) is 0 Å². The molecule has 3 heteroatoms. The first-order valence-corrected chi connectivity index (χ1v) is 17.8. The summed E-state index contributed by atoms with van der Waals surface area (Å²) in [5, 5.41) is 1.18. The van der Waals surface area contributed by atoms with Crippen molar-refractivity contribution in [2.45, 2.75) is 92.6 Å². The van der Waals surface area contributed by atoms with Gasteiger partial charge in [0.2, 0.25) is 0 Å². The summed E-state index contributed by atoms with van der Waals surface area (Å²) in [6, 6.07) is 4.09. The average Bonchev–Trinajstić information content (AvgIpc) is 2.94. The van der Waals surface area contributed by atoms with Crippen LogP contribution in [0.1, 0.15) is 65.1 Å². The van der Waals surface area contributed by atoms with E-state index in [4.69, 9.17) is 4.42 Å². The maximum atomic E-state index is 5.39. The van der Waals surface area contributed by atoms with E-state index < -0.39 is 19.8 Å². The van der Waals surface area contributed by atoms with E-state index in [9.17, 15) is 0 Å². The van der Waals surface area contributed by atoms with Crippen LogP contribution < -0.4 is 5.38 Å². The molecule has 1 rings (SSSR count). The second-order valence-corrected chi connectivity index (χ2v) is 17.5. The first-order valence-electron chi connectivity index (χ1n) is 9.25. The summed E-state index contributed by atoms with van der Waals surface area (Å²) in [6.07, 6.45) is 8.85. The predicted molar refractivity (Wildman–Crippen MR) is 105 cm³/mol. The van der Waals surface area contributed by atoms with E-state index >= 15 is 0 Å². The van der Waals surface area contributed by atoms with E-state index in [-0.39, 0.29) is 8.80 Å². The molecule has 2 radical (unpaired) electrons. The van der Waals surface area contributed by atoms with Gasteiger partial charge in [0, 0.05) is 0 Å². The van der Waals surface area contributed by atoms with E-state index in [1.165, 1.54) is 43.9 Å². The largest absolute Gasteiger partial charge is 0.472 e. The van der Waals surface area contributed by atoms with Crippen molar-refractivity contribution in [2.75, 3.05) is 0 Å². The molecule has 0 saturated heterocycles. The summed E-state index contributed by atoms with van der Waals surface area (Å²) >= 11 is -0.839. The molecule has 0 aromatic carbocycles. The summed E-state index contributed by atoms with van der Waals surface area (Å²) in [5.74, 6) is 1.02. The number of unbranched alkanes of at least 4 members (excludes halogenated alkanes) is 3. The van der Waals surface area contributed by atoms with Crippen LogP contribution in [0.3, 0.4) is 0 Å². The van der Waals surface area contributed by atoms with Gasteiger partial charge in [0.15, 0.2) is 0 Å². The molecule has 0 spiro atoms. The number of rotatable bonds is 10. The first kappa shape index (κ1) is 22.3. The van der Waals surface area contributed by atoms with Crippen molar-refractivity contribution >= 4 is 33.9 Å². The van der Waals surface area contributed by atoms with Crippen molar-refractivity contribution in [1.29, 1.82) is 0 Å². The summed E-state index contributed by atoms with van der Waals surface area (Å²) in [6.45, 7) is 13.4. The smallest absolute Gasteiger partial charge is 0.127 e. The van der Waals surface area contributed by atoms with E-state index in [1.54, 1.807) is 13.3 Å². The van der Waals surface area contributed by atoms with Crippen molar-refractivity contribution in [1.82, 2.24) is 0 Å². The van der Waals surface area contributed by atoms with E-state index in [0.717, 1.165) is 5.76 Å². The molecule has 128 valence electrons. The molecule has 0 aliphatic heterocycles. The standard InChI is InChI=1S/C7H11OSi.3C4H9.Sn/c1-6-4-5-7(8-6)9(2)3;3*1-3-4-2;/h4-5H,1-3H3;3*1,3-4H2,2H3;. The normalized spacial score (nSPS) is 10.9. The van der Waals surface area contributed by atoms with Crippen molar-refractivity contribution in [3.63, 3.8) is 0 Å². The third kappa shape index (κ3) is 11.8. The fraction of sp³-hybridized carbons (Fsp3) is 0.789. The molecule has 1 aromatic rings. The Morgan fingerprint density at radius 3 is 1.55 bits per heavy atom. The molecule has 0 unspecified atom stereocenters. The van der Waals surface area contributed by atoms with Gasteiger partial charge in [-0.25, -0.2) is 0 Å². The van der Waals surface area contributed by atoms with Crippen LogP contribution in [0, 0.1) is 6.92 Å². The van der Waals surface area contributed by atoms with Gasteiger partial charge in [-0.15, -0.1) is 0 Å². The van der Waals surface area contributed by atoms with Crippen molar-refractivity contribution in [3.8, 4) is 0 Å². The molecular formula is C19H38OSiSn. The van der Waals surface area contributed by atoms with Crippen molar-refractivity contribution in [2.24, 2.45) is 0 Å². The van der Waals surface area contributed by atoms with Gasteiger partial charge in [0.1, 0.15) is 8.80 Å². The second kappa shape index (κ2) is 14.9. The summed E-state index contributed by atoms with van der Waals surface area (Å²) in [5.41, 5.74) is 0. The van der Waals surface area contributed by atoms with Gasteiger partial charge in [-0.1, -0.05) is 13.1 Å². The van der Waals surface area contributed by atoms with Gasteiger partial charge in [-0.3, -0.25) is 0 Å². The van der Waals surface area contributed by atoms with Crippen LogP contribution in [0.2, 0.25) is 26.4 Å². The summed E-state index contributed by atoms with van der Waals surface area (Å²) in [7, 11) is -0.358. The molecule has 0 saturated carbocycles. The minimum absolute atomic E-state index is 0.358. The first-order chi connectivity index (χ1) is 10.5. The van der Waals surface area contributed by atoms with E-state index in [1.807, 2.05) is 13.0 Å². The Kier molecular flexibility index (Phi) is 15.1. The number of hydrogen-bond acceptors (Lipinski definition) is 1. The molecule has 0 aliphatic carbocycles. The Balaban J connectivity index is 0.000000425. The molecule has 0 N–H and O–H groups in total. The SMILES string of the molecule is CCC[CH2][Sn]([CH2]CCC)[CH2]CCC.Cc1ccc([Si](C)C)o1. The predicted octanol–water partition coefficient (Wildman–Crippen LogP) is 6.43. The minimum atomic E-state index is -0.839. The van der Waals surface area contributed by atoms with Gasteiger partial charge in [0.05, 0.1) is 11.1 Å². The zero-order valence-electron chi connectivity index (χ0n) is 15.9. The maximum Gasteiger partial charge on any atom is 0.127 e. The number of hydrogen-bond donors (Lipinski definition) is 0. The molecule has 0 bridgehead atoms. The number of aryl methyl sites for hydroxylation is 1. The van der Waals surface area contributed by atoms with Gasteiger partial charge < -0.3 is 4.42 Å². The van der Waals surface area contributed by atoms with Gasteiger partial charge in [0.25, 0.3) is 0 Å². The fourth-order valence-electron chi connectivity index (χ4n) is 2.36. The Morgan fingerprint density at radius 2 is 1.32 bits per heavy atom. The molecule has 0 fully saturated rings. The third-order valence-corrected chi connectivity index (χ3v) is 14.2. The van der Waals surface area contributed by atoms with Crippen molar-refractivity contribution < 1.29 is 4.42 Å². The van der Waals surface area contributed by atoms with Crippen molar-refractivity contribution in [3.05, 3.63) is 17.9 Å². The quantitative estimate of drug-likeness (QED) is 0.391. The Labute approximate surface area is 148 Å². The molecule has 0 atom stereocenters. The van der Waals surface area contributed by atoms with E-state index in [2.05, 4.69) is 39.9 Å². The molecule has 1 heterocycles. The average molecular weight is 429 g/mol. The molecule has 1 aromatic heterocycles. The Bertz CT molecular complexity index is 330. The van der Waals surface area contributed by atoms with Crippen LogP contribution >= 0.6 is 0 Å².